The zero-order valence-electron chi connectivity index (χ0n) is 17.2. The Bertz CT molecular complexity index is 962. The third-order valence-corrected chi connectivity index (χ3v) is 7.04. The van der Waals surface area contributed by atoms with Gasteiger partial charge in [-0.25, -0.2) is 8.78 Å². The number of hydrogen-bond acceptors (Lipinski definition) is 2. The molecular weight excluding hydrogens is 410 g/mol. The van der Waals surface area contributed by atoms with Gasteiger partial charge in [0.2, 0.25) is 11.8 Å². The number of benzene rings is 1. The maximum atomic E-state index is 13.4. The molecule has 0 unspecified atom stereocenters. The molecule has 1 aliphatic heterocycles. The lowest BCUT2D eigenvalue weighted by Gasteiger charge is -2.40. The number of alkyl halides is 2. The number of likely N-dealkylation sites (tertiary alicyclic amines) is 1. The number of carbonyl (C=O) groups excluding carboxylic acids is 2. The van der Waals surface area contributed by atoms with Crippen molar-refractivity contribution in [1.82, 2.24) is 9.47 Å². The van der Waals surface area contributed by atoms with Crippen molar-refractivity contribution in [3.8, 4) is 0 Å². The van der Waals surface area contributed by atoms with Gasteiger partial charge in [0.25, 0.3) is 0 Å². The van der Waals surface area contributed by atoms with Gasteiger partial charge in [0.05, 0.1) is 16.6 Å². The highest BCUT2D eigenvalue weighted by Crippen LogP contribution is 2.38. The molecule has 2 aliphatic rings. The fourth-order valence-corrected chi connectivity index (χ4v) is 5.07. The molecule has 1 aliphatic carbocycles. The first-order valence-corrected chi connectivity index (χ1v) is 11.1. The number of aromatic nitrogens is 1. The predicted molar refractivity (Wildman–Crippen MR) is 113 cm³/mol. The molecule has 1 saturated carbocycles. The topological polar surface area (TPSA) is 42.3 Å². The van der Waals surface area contributed by atoms with E-state index in [0.29, 0.717) is 42.8 Å². The van der Waals surface area contributed by atoms with Gasteiger partial charge < -0.3 is 9.47 Å². The van der Waals surface area contributed by atoms with Crippen LogP contribution in [0.3, 0.4) is 0 Å². The Labute approximate surface area is 180 Å². The van der Waals surface area contributed by atoms with E-state index in [2.05, 4.69) is 0 Å². The maximum absolute atomic E-state index is 13.4. The van der Waals surface area contributed by atoms with E-state index < -0.39 is 5.92 Å². The van der Waals surface area contributed by atoms with Crippen LogP contribution >= 0.6 is 11.6 Å². The van der Waals surface area contributed by atoms with Crippen LogP contribution in [0.4, 0.5) is 8.78 Å². The Morgan fingerprint density at radius 3 is 2.57 bits per heavy atom. The summed E-state index contributed by atoms with van der Waals surface area (Å²) in [5.41, 5.74) is 1.48. The lowest BCUT2D eigenvalue weighted by atomic mass is 9.83. The molecule has 4 nitrogen and oxygen atoms in total. The highest BCUT2D eigenvalue weighted by atomic mass is 35.5. The molecule has 4 rings (SSSR count). The fraction of sp³-hybridized carbons (Fsp3) is 0.565. The second kappa shape index (κ2) is 8.29. The van der Waals surface area contributed by atoms with Crippen LogP contribution < -0.4 is 0 Å². The van der Waals surface area contributed by atoms with E-state index in [1.54, 1.807) is 13.0 Å². The zero-order valence-corrected chi connectivity index (χ0v) is 17.9. The average Bonchev–Trinajstić information content (AvgIpc) is 3.04. The lowest BCUT2D eigenvalue weighted by Crippen LogP contribution is -2.52. The summed E-state index contributed by atoms with van der Waals surface area (Å²) in [7, 11) is 0. The first kappa shape index (κ1) is 21.3. The highest BCUT2D eigenvalue weighted by molar-refractivity contribution is 6.37. The van der Waals surface area contributed by atoms with Gasteiger partial charge in [0.1, 0.15) is 0 Å². The normalized spacial score (nSPS) is 21.6. The smallest absolute Gasteiger partial charge is 0.248 e. The first-order valence-electron chi connectivity index (χ1n) is 10.7. The molecule has 1 saturated heterocycles. The molecule has 1 atom stereocenters. The van der Waals surface area contributed by atoms with Crippen LogP contribution in [-0.4, -0.2) is 39.7 Å². The Balaban J connectivity index is 1.50. The van der Waals surface area contributed by atoms with E-state index in [4.69, 9.17) is 11.6 Å². The van der Waals surface area contributed by atoms with Crippen molar-refractivity contribution in [2.75, 3.05) is 6.54 Å². The quantitative estimate of drug-likeness (QED) is 0.545. The van der Waals surface area contributed by atoms with E-state index in [0.717, 1.165) is 23.9 Å². The Hall–Kier alpha value is -1.95. The molecule has 2 aromatic rings. The van der Waals surface area contributed by atoms with E-state index in [1.807, 2.05) is 27.8 Å². The van der Waals surface area contributed by atoms with Crippen LogP contribution in [0, 0.1) is 5.92 Å². The van der Waals surface area contributed by atoms with Gasteiger partial charge in [0.15, 0.2) is 5.78 Å². The summed E-state index contributed by atoms with van der Waals surface area (Å²) in [6, 6.07) is 5.71. The summed E-state index contributed by atoms with van der Waals surface area (Å²) in [6.07, 6.45) is 4.56. The van der Waals surface area contributed by atoms with Gasteiger partial charge in [0, 0.05) is 56.4 Å². The van der Waals surface area contributed by atoms with Crippen LogP contribution in [0.1, 0.15) is 62.2 Å². The summed E-state index contributed by atoms with van der Waals surface area (Å²) < 4.78 is 28.8. The van der Waals surface area contributed by atoms with E-state index in [9.17, 15) is 18.4 Å². The molecule has 1 aromatic carbocycles. The number of amides is 1. The van der Waals surface area contributed by atoms with Gasteiger partial charge in [-0.3, -0.25) is 9.59 Å². The van der Waals surface area contributed by atoms with Crippen molar-refractivity contribution in [1.29, 1.82) is 0 Å². The molecule has 2 heterocycles. The zero-order chi connectivity index (χ0) is 21.5. The molecule has 0 bridgehead atoms. The van der Waals surface area contributed by atoms with Gasteiger partial charge >= 0.3 is 0 Å². The Kier molecular flexibility index (Phi) is 5.88. The van der Waals surface area contributed by atoms with Crippen molar-refractivity contribution in [3.63, 3.8) is 0 Å². The van der Waals surface area contributed by atoms with Crippen molar-refractivity contribution < 1.29 is 18.4 Å². The second-order valence-corrected chi connectivity index (χ2v) is 9.15. The van der Waals surface area contributed by atoms with Crippen molar-refractivity contribution in [3.05, 3.63) is 35.0 Å². The van der Waals surface area contributed by atoms with Gasteiger partial charge in [-0.15, -0.1) is 0 Å². The Morgan fingerprint density at radius 1 is 1.20 bits per heavy atom. The highest BCUT2D eigenvalue weighted by Gasteiger charge is 2.35. The lowest BCUT2D eigenvalue weighted by molar-refractivity contribution is -0.136. The molecule has 1 aromatic heterocycles. The monoisotopic (exact) mass is 436 g/mol. The Morgan fingerprint density at radius 2 is 1.93 bits per heavy atom. The molecular formula is C23H27ClF2N2O2. The number of hydrogen-bond donors (Lipinski definition) is 0. The van der Waals surface area contributed by atoms with Crippen LogP contribution in [-0.2, 0) is 11.3 Å². The number of halogens is 3. The summed E-state index contributed by atoms with van der Waals surface area (Å²) in [6.45, 7) is 2.97. The summed E-state index contributed by atoms with van der Waals surface area (Å²) in [5.74, 6) is -2.30. The SMILES string of the molecule is CC(=O)N1CC[C@H]1Cn1cc(C(=O)CCC2CCC(F)(F)CC2)c2c(Cl)cccc21. The van der Waals surface area contributed by atoms with Crippen LogP contribution in [0.2, 0.25) is 5.02 Å². The summed E-state index contributed by atoms with van der Waals surface area (Å²) >= 11 is 6.45. The third-order valence-electron chi connectivity index (χ3n) is 6.73. The number of Topliss-reactive ketones (excluding diaryl/α,β-unsaturated/α-hetero) is 1. The van der Waals surface area contributed by atoms with Crippen LogP contribution in [0.25, 0.3) is 10.9 Å². The number of nitrogens with zero attached hydrogens (tertiary/aromatic N) is 2. The average molecular weight is 437 g/mol. The van der Waals surface area contributed by atoms with E-state index >= 15 is 0 Å². The van der Waals surface area contributed by atoms with Crippen LogP contribution in [0.5, 0.6) is 0 Å². The molecule has 0 N–H and O–H groups in total. The minimum absolute atomic E-state index is 0.00113. The fourth-order valence-electron chi connectivity index (χ4n) is 4.80. The van der Waals surface area contributed by atoms with Crippen molar-refractivity contribution in [2.45, 2.75) is 70.4 Å². The molecule has 0 spiro atoms. The largest absolute Gasteiger partial charge is 0.345 e. The molecule has 7 heteroatoms. The van der Waals surface area contributed by atoms with Crippen LogP contribution in [0.15, 0.2) is 24.4 Å². The van der Waals surface area contributed by atoms with Crippen molar-refractivity contribution >= 4 is 34.2 Å². The number of fused-ring (bicyclic) bond motifs is 1. The third kappa shape index (κ3) is 4.25. The van der Waals surface area contributed by atoms with Gasteiger partial charge in [-0.05, 0) is 43.7 Å². The number of ketones is 1. The van der Waals surface area contributed by atoms with Gasteiger partial charge in [-0.1, -0.05) is 17.7 Å². The second-order valence-electron chi connectivity index (χ2n) is 8.75. The van der Waals surface area contributed by atoms with E-state index in [-0.39, 0.29) is 36.5 Å². The molecule has 1 amide bonds. The summed E-state index contributed by atoms with van der Waals surface area (Å²) in [5, 5.41) is 1.27. The predicted octanol–water partition coefficient (Wildman–Crippen LogP) is 5.70. The maximum Gasteiger partial charge on any atom is 0.248 e. The number of carbonyl (C=O) groups is 2. The van der Waals surface area contributed by atoms with Crippen molar-refractivity contribution in [2.24, 2.45) is 5.92 Å². The standard InChI is InChI=1S/C23H27ClF2N2O2/c1-15(29)28-12-9-17(28)13-27-14-18(22-19(24)3-2-4-20(22)27)21(30)6-5-16-7-10-23(25,26)11-8-16/h2-4,14,16-17H,5-13H2,1H3/t17-/m0/s1. The number of rotatable bonds is 6. The molecule has 30 heavy (non-hydrogen) atoms. The molecule has 0 radical (unpaired) electrons. The van der Waals surface area contributed by atoms with E-state index in [1.165, 1.54) is 0 Å². The summed E-state index contributed by atoms with van der Waals surface area (Å²) in [4.78, 5) is 26.6. The van der Waals surface area contributed by atoms with Gasteiger partial charge in [-0.2, -0.15) is 0 Å². The minimum atomic E-state index is -2.54. The molecule has 2 fully saturated rings. The molecule has 162 valence electrons. The minimum Gasteiger partial charge on any atom is -0.345 e. The first-order chi connectivity index (χ1) is 14.2.